The smallest absolute Gasteiger partial charge is 0.315 e. The average Bonchev–Trinajstić information content (AvgIpc) is 2.83. The Morgan fingerprint density at radius 3 is 2.45 bits per heavy atom. The molecule has 0 aromatic carbocycles. The normalized spacial score (nSPS) is 11.2. The zero-order valence-corrected chi connectivity index (χ0v) is 13.9. The lowest BCUT2D eigenvalue weighted by molar-refractivity contribution is -0.149. The van der Waals surface area contributed by atoms with Gasteiger partial charge in [0, 0.05) is 15.9 Å². The van der Waals surface area contributed by atoms with Crippen LogP contribution in [0.1, 0.15) is 31.6 Å². The number of carbonyl (C=O) groups excluding carboxylic acids is 1. The van der Waals surface area contributed by atoms with Crippen molar-refractivity contribution in [3.63, 3.8) is 0 Å². The predicted molar refractivity (Wildman–Crippen MR) is 82.9 cm³/mol. The molecule has 0 atom stereocenters. The van der Waals surface area contributed by atoms with Crippen LogP contribution in [-0.2, 0) is 11.3 Å². The maximum absolute atomic E-state index is 11.7. The van der Waals surface area contributed by atoms with Gasteiger partial charge in [-0.1, -0.05) is 13.8 Å². The third-order valence-corrected chi connectivity index (χ3v) is 5.42. The molecule has 7 heteroatoms. The molecule has 1 aromatic rings. The fraction of sp³-hybridized carbons (Fsp3) is 0.538. The van der Waals surface area contributed by atoms with Crippen molar-refractivity contribution in [2.24, 2.45) is 5.41 Å². The fourth-order valence-corrected chi connectivity index (χ4v) is 3.23. The van der Waals surface area contributed by atoms with Crippen LogP contribution < -0.4 is 10.6 Å². The van der Waals surface area contributed by atoms with E-state index in [2.05, 4.69) is 26.6 Å². The third kappa shape index (κ3) is 4.21. The zero-order valence-electron chi connectivity index (χ0n) is 11.5. The number of carboxylic acids is 1. The molecule has 0 bridgehead atoms. The van der Waals surface area contributed by atoms with Gasteiger partial charge in [0.2, 0.25) is 0 Å². The Kier molecular flexibility index (Phi) is 6.48. The Morgan fingerprint density at radius 2 is 2.00 bits per heavy atom. The number of hydrogen-bond acceptors (Lipinski definition) is 3. The van der Waals surface area contributed by atoms with Crippen molar-refractivity contribution in [2.75, 3.05) is 6.54 Å². The van der Waals surface area contributed by atoms with Gasteiger partial charge >= 0.3 is 12.0 Å². The van der Waals surface area contributed by atoms with Crippen molar-refractivity contribution in [3.05, 3.63) is 20.8 Å². The first-order chi connectivity index (χ1) is 9.45. The monoisotopic (exact) mass is 362 g/mol. The Labute approximate surface area is 130 Å². The van der Waals surface area contributed by atoms with Gasteiger partial charge in [0.25, 0.3) is 0 Å². The Hall–Kier alpha value is -1.08. The molecule has 0 saturated carbocycles. The maximum atomic E-state index is 11.7. The summed E-state index contributed by atoms with van der Waals surface area (Å²) in [5.74, 6) is -0.871. The molecular weight excluding hydrogens is 344 g/mol. The van der Waals surface area contributed by atoms with E-state index < -0.39 is 11.4 Å². The summed E-state index contributed by atoms with van der Waals surface area (Å²) in [6.45, 7) is 4.19. The molecule has 0 spiro atoms. The van der Waals surface area contributed by atoms with Gasteiger partial charge in [-0.05, 0) is 40.2 Å². The summed E-state index contributed by atoms with van der Waals surface area (Å²) in [6.07, 6.45) is 0.963. The third-order valence-electron chi connectivity index (χ3n) is 3.50. The quantitative estimate of drug-likeness (QED) is 0.696. The summed E-state index contributed by atoms with van der Waals surface area (Å²) >= 11 is 4.94. The molecule has 0 saturated heterocycles. The highest BCUT2D eigenvalue weighted by Crippen LogP contribution is 2.25. The van der Waals surface area contributed by atoms with Crippen LogP contribution >= 0.6 is 27.3 Å². The van der Waals surface area contributed by atoms with E-state index in [4.69, 9.17) is 0 Å². The maximum Gasteiger partial charge on any atom is 0.315 e. The molecule has 2 amide bonds. The molecule has 3 N–H and O–H groups in total. The lowest BCUT2D eigenvalue weighted by Gasteiger charge is -2.26. The van der Waals surface area contributed by atoms with Crippen LogP contribution in [-0.4, -0.2) is 23.7 Å². The highest BCUT2D eigenvalue weighted by molar-refractivity contribution is 9.10. The molecule has 0 fully saturated rings. The molecule has 20 heavy (non-hydrogen) atoms. The number of carbonyl (C=O) groups is 2. The first-order valence-corrected chi connectivity index (χ1v) is 8.09. The number of nitrogens with one attached hydrogen (secondary N) is 2. The summed E-state index contributed by atoms with van der Waals surface area (Å²) in [5, 5.41) is 16.6. The lowest BCUT2D eigenvalue weighted by Crippen LogP contribution is -2.45. The van der Waals surface area contributed by atoms with E-state index in [-0.39, 0.29) is 12.6 Å². The van der Waals surface area contributed by atoms with E-state index in [1.807, 2.05) is 25.3 Å². The van der Waals surface area contributed by atoms with Crippen LogP contribution in [0.2, 0.25) is 0 Å². The molecular formula is C13H19BrN2O3S. The topological polar surface area (TPSA) is 78.4 Å². The van der Waals surface area contributed by atoms with Gasteiger partial charge in [-0.2, -0.15) is 0 Å². The fourth-order valence-electron chi connectivity index (χ4n) is 1.80. The van der Waals surface area contributed by atoms with Crippen molar-refractivity contribution >= 4 is 39.3 Å². The van der Waals surface area contributed by atoms with Crippen molar-refractivity contribution in [2.45, 2.75) is 33.2 Å². The molecule has 1 heterocycles. The molecule has 1 aromatic heterocycles. The second kappa shape index (κ2) is 7.64. The Balaban J connectivity index is 2.46. The predicted octanol–water partition coefficient (Wildman–Crippen LogP) is 3.20. The highest BCUT2D eigenvalue weighted by Gasteiger charge is 2.35. The minimum absolute atomic E-state index is 0.132. The summed E-state index contributed by atoms with van der Waals surface area (Å²) < 4.78 is 0.963. The van der Waals surface area contributed by atoms with Crippen molar-refractivity contribution in [3.8, 4) is 0 Å². The summed E-state index contributed by atoms with van der Waals surface area (Å²) in [5.41, 5.74) is -0.888. The van der Waals surface area contributed by atoms with Crippen LogP contribution in [0.3, 0.4) is 0 Å². The Bertz CT molecular complexity index is 472. The van der Waals surface area contributed by atoms with Crippen LogP contribution in [0.25, 0.3) is 0 Å². The minimum Gasteiger partial charge on any atom is -0.481 e. The van der Waals surface area contributed by atoms with E-state index in [1.54, 1.807) is 11.3 Å². The van der Waals surface area contributed by atoms with Crippen LogP contribution in [0.5, 0.6) is 0 Å². The van der Waals surface area contributed by atoms with E-state index in [0.29, 0.717) is 19.4 Å². The first kappa shape index (κ1) is 17.0. The molecule has 0 aliphatic carbocycles. The number of carboxylic acid groups (broad SMARTS) is 1. The van der Waals surface area contributed by atoms with Gasteiger partial charge in [0.05, 0.1) is 12.0 Å². The van der Waals surface area contributed by atoms with Gasteiger partial charge in [-0.3, -0.25) is 4.79 Å². The lowest BCUT2D eigenvalue weighted by atomic mass is 9.82. The highest BCUT2D eigenvalue weighted by atomic mass is 79.9. The Morgan fingerprint density at radius 1 is 1.35 bits per heavy atom. The number of thiophene rings is 1. The standard InChI is InChI=1S/C13H19BrN2O3S/c1-3-13(4-2,11(17)18)8-16-12(19)15-7-10-9(14)5-6-20-10/h5-6H,3-4,7-8H2,1-2H3,(H,17,18)(H2,15,16,19). The van der Waals surface area contributed by atoms with Gasteiger partial charge in [0.15, 0.2) is 0 Å². The van der Waals surface area contributed by atoms with E-state index >= 15 is 0 Å². The first-order valence-electron chi connectivity index (χ1n) is 6.42. The molecule has 1 rings (SSSR count). The SMILES string of the molecule is CCC(CC)(CNC(=O)NCc1sccc1Br)C(=O)O. The number of halogens is 1. The molecule has 0 aliphatic heterocycles. The van der Waals surface area contributed by atoms with Gasteiger partial charge in [-0.25, -0.2) is 4.79 Å². The minimum atomic E-state index is -0.888. The summed E-state index contributed by atoms with van der Waals surface area (Å²) in [6, 6.07) is 1.57. The molecule has 0 radical (unpaired) electrons. The van der Waals surface area contributed by atoms with Crippen LogP contribution in [0.15, 0.2) is 15.9 Å². The summed E-state index contributed by atoms with van der Waals surface area (Å²) in [7, 11) is 0. The van der Waals surface area contributed by atoms with Gasteiger partial charge < -0.3 is 15.7 Å². The van der Waals surface area contributed by atoms with Crippen molar-refractivity contribution < 1.29 is 14.7 Å². The molecule has 0 aliphatic rings. The van der Waals surface area contributed by atoms with Gasteiger partial charge in [-0.15, -0.1) is 11.3 Å². The number of hydrogen-bond donors (Lipinski definition) is 3. The second-order valence-electron chi connectivity index (χ2n) is 4.52. The van der Waals surface area contributed by atoms with Crippen LogP contribution in [0, 0.1) is 5.41 Å². The van der Waals surface area contributed by atoms with Gasteiger partial charge in [0.1, 0.15) is 0 Å². The average molecular weight is 363 g/mol. The van der Waals surface area contributed by atoms with E-state index in [1.165, 1.54) is 0 Å². The molecule has 0 unspecified atom stereocenters. The van der Waals surface area contributed by atoms with Crippen molar-refractivity contribution in [1.82, 2.24) is 10.6 Å². The number of amides is 2. The second-order valence-corrected chi connectivity index (χ2v) is 6.38. The molecule has 5 nitrogen and oxygen atoms in total. The number of aliphatic carboxylic acids is 1. The zero-order chi connectivity index (χ0) is 15.2. The van der Waals surface area contributed by atoms with Crippen molar-refractivity contribution in [1.29, 1.82) is 0 Å². The number of urea groups is 1. The number of rotatable bonds is 7. The summed E-state index contributed by atoms with van der Waals surface area (Å²) in [4.78, 5) is 24.1. The van der Waals surface area contributed by atoms with E-state index in [9.17, 15) is 14.7 Å². The van der Waals surface area contributed by atoms with E-state index in [0.717, 1.165) is 9.35 Å². The van der Waals surface area contributed by atoms with Crippen LogP contribution in [0.4, 0.5) is 4.79 Å². The molecule has 112 valence electrons. The largest absolute Gasteiger partial charge is 0.481 e.